The minimum atomic E-state index is -0.522. The van der Waals surface area contributed by atoms with Gasteiger partial charge in [0.25, 0.3) is 0 Å². The van der Waals surface area contributed by atoms with Crippen LogP contribution in [0.4, 0.5) is 4.79 Å². The molecule has 2 aromatic rings. The van der Waals surface area contributed by atoms with Crippen LogP contribution in [0.25, 0.3) is 10.8 Å². The van der Waals surface area contributed by atoms with Crippen molar-refractivity contribution in [2.75, 3.05) is 13.1 Å². The average molecular weight is 372 g/mol. The summed E-state index contributed by atoms with van der Waals surface area (Å²) in [5, 5.41) is 2.23. The van der Waals surface area contributed by atoms with E-state index >= 15 is 0 Å². The standard InChI is InChI=1S/C21H25NO3S/c1-21(2,3)25-20(24)22-11-10-18(23)19(13-22)26-14-15-8-9-16-6-4-5-7-17(16)12-15/h4-9,12,19H,10-11,13-14H2,1-3H3. The van der Waals surface area contributed by atoms with Gasteiger partial charge in [0.2, 0.25) is 0 Å². The van der Waals surface area contributed by atoms with Gasteiger partial charge in [-0.15, -0.1) is 11.8 Å². The lowest BCUT2D eigenvalue weighted by Crippen LogP contribution is -2.47. The molecule has 0 spiro atoms. The van der Waals surface area contributed by atoms with Crippen LogP contribution in [0.5, 0.6) is 0 Å². The van der Waals surface area contributed by atoms with Crippen molar-refractivity contribution in [1.82, 2.24) is 4.90 Å². The summed E-state index contributed by atoms with van der Waals surface area (Å²) in [6, 6.07) is 14.6. The van der Waals surface area contributed by atoms with Crippen LogP contribution in [-0.4, -0.2) is 40.7 Å². The maximum absolute atomic E-state index is 12.3. The van der Waals surface area contributed by atoms with Crippen LogP contribution in [0.1, 0.15) is 32.8 Å². The van der Waals surface area contributed by atoms with Gasteiger partial charge < -0.3 is 9.64 Å². The van der Waals surface area contributed by atoms with Crippen molar-refractivity contribution in [3.8, 4) is 0 Å². The summed E-state index contributed by atoms with van der Waals surface area (Å²) in [6.07, 6.45) is 0.0653. The largest absolute Gasteiger partial charge is 0.444 e. The van der Waals surface area contributed by atoms with Crippen LogP contribution in [0, 0.1) is 0 Å². The Hall–Kier alpha value is -2.01. The van der Waals surface area contributed by atoms with E-state index in [4.69, 9.17) is 4.74 Å². The number of Topliss-reactive ketones (excluding diaryl/α,β-unsaturated/α-hetero) is 1. The van der Waals surface area contributed by atoms with Crippen molar-refractivity contribution in [3.63, 3.8) is 0 Å². The predicted molar refractivity (Wildman–Crippen MR) is 106 cm³/mol. The normalized spacial score (nSPS) is 18.2. The summed E-state index contributed by atoms with van der Waals surface area (Å²) in [6.45, 7) is 6.43. The van der Waals surface area contributed by atoms with Crippen molar-refractivity contribution in [1.29, 1.82) is 0 Å². The van der Waals surface area contributed by atoms with E-state index in [2.05, 4.69) is 30.3 Å². The van der Waals surface area contributed by atoms with Crippen LogP contribution < -0.4 is 0 Å². The molecule has 0 bridgehead atoms. The lowest BCUT2D eigenvalue weighted by molar-refractivity contribution is -0.120. The lowest BCUT2D eigenvalue weighted by atomic mass is 10.1. The van der Waals surface area contributed by atoms with E-state index in [1.54, 1.807) is 16.7 Å². The van der Waals surface area contributed by atoms with Crippen LogP contribution in [-0.2, 0) is 15.3 Å². The first-order valence-electron chi connectivity index (χ1n) is 8.92. The molecule has 0 saturated carbocycles. The first-order chi connectivity index (χ1) is 12.3. The first-order valence-corrected chi connectivity index (χ1v) is 9.97. The number of fused-ring (bicyclic) bond motifs is 1. The molecule has 0 aliphatic carbocycles. The van der Waals surface area contributed by atoms with Gasteiger partial charge >= 0.3 is 6.09 Å². The molecular formula is C21H25NO3S. The fourth-order valence-corrected chi connectivity index (χ4v) is 4.13. The Morgan fingerprint density at radius 2 is 1.92 bits per heavy atom. The minimum Gasteiger partial charge on any atom is -0.444 e. The van der Waals surface area contributed by atoms with Gasteiger partial charge in [-0.25, -0.2) is 4.79 Å². The van der Waals surface area contributed by atoms with Crippen molar-refractivity contribution < 1.29 is 14.3 Å². The second kappa shape index (κ2) is 7.70. The molecule has 0 N–H and O–H groups in total. The maximum atomic E-state index is 12.3. The zero-order valence-electron chi connectivity index (χ0n) is 15.5. The smallest absolute Gasteiger partial charge is 0.410 e. The van der Waals surface area contributed by atoms with E-state index in [0.717, 1.165) is 5.75 Å². The van der Waals surface area contributed by atoms with Gasteiger partial charge in [0, 0.05) is 25.3 Å². The number of hydrogen-bond acceptors (Lipinski definition) is 4. The number of carbonyl (C=O) groups excluding carboxylic acids is 2. The number of nitrogens with zero attached hydrogens (tertiary/aromatic N) is 1. The molecule has 1 atom stereocenters. The Kier molecular flexibility index (Phi) is 5.56. The van der Waals surface area contributed by atoms with E-state index in [1.807, 2.05) is 32.9 Å². The van der Waals surface area contributed by atoms with E-state index in [-0.39, 0.29) is 17.1 Å². The van der Waals surface area contributed by atoms with E-state index in [9.17, 15) is 9.59 Å². The number of amides is 1. The SMILES string of the molecule is CC(C)(C)OC(=O)N1CCC(=O)C(SCc2ccc3ccccc3c2)C1. The molecule has 4 nitrogen and oxygen atoms in total. The van der Waals surface area contributed by atoms with Crippen molar-refractivity contribution in [3.05, 3.63) is 48.0 Å². The van der Waals surface area contributed by atoms with Crippen LogP contribution in [0.2, 0.25) is 0 Å². The highest BCUT2D eigenvalue weighted by molar-refractivity contribution is 7.99. The van der Waals surface area contributed by atoms with Gasteiger partial charge in [-0.2, -0.15) is 0 Å². The minimum absolute atomic E-state index is 0.192. The third-order valence-corrected chi connectivity index (χ3v) is 5.60. The zero-order valence-corrected chi connectivity index (χ0v) is 16.3. The molecule has 0 radical (unpaired) electrons. The van der Waals surface area contributed by atoms with E-state index < -0.39 is 5.60 Å². The third kappa shape index (κ3) is 4.79. The molecule has 2 aromatic carbocycles. The molecule has 1 amide bonds. The topological polar surface area (TPSA) is 46.6 Å². The number of ether oxygens (including phenoxy) is 1. The Morgan fingerprint density at radius 3 is 2.65 bits per heavy atom. The second-order valence-corrected chi connectivity index (χ2v) is 8.81. The van der Waals surface area contributed by atoms with Crippen molar-refractivity contribution >= 4 is 34.4 Å². The maximum Gasteiger partial charge on any atom is 0.410 e. The quantitative estimate of drug-likeness (QED) is 0.788. The number of piperidine rings is 1. The second-order valence-electron chi connectivity index (χ2n) is 7.62. The number of hydrogen-bond donors (Lipinski definition) is 0. The molecule has 1 heterocycles. The summed E-state index contributed by atoms with van der Waals surface area (Å²) in [5.41, 5.74) is 0.669. The molecular weight excluding hydrogens is 346 g/mol. The molecule has 1 aliphatic heterocycles. The number of rotatable bonds is 3. The summed E-state index contributed by atoms with van der Waals surface area (Å²) < 4.78 is 5.44. The van der Waals surface area contributed by atoms with Crippen molar-refractivity contribution in [2.45, 2.75) is 43.8 Å². The van der Waals surface area contributed by atoms with Gasteiger partial charge in [-0.3, -0.25) is 4.79 Å². The molecule has 1 fully saturated rings. The fourth-order valence-electron chi connectivity index (χ4n) is 2.96. The molecule has 138 valence electrons. The van der Waals surface area contributed by atoms with Crippen LogP contribution >= 0.6 is 11.8 Å². The Morgan fingerprint density at radius 1 is 1.19 bits per heavy atom. The first kappa shape index (κ1) is 18.8. The Balaban J connectivity index is 1.62. The number of carbonyl (C=O) groups is 2. The molecule has 1 unspecified atom stereocenters. The molecule has 1 saturated heterocycles. The number of likely N-dealkylation sites (tertiary alicyclic amines) is 1. The lowest BCUT2D eigenvalue weighted by Gasteiger charge is -2.33. The Labute approximate surface area is 158 Å². The predicted octanol–water partition coefficient (Wildman–Crippen LogP) is 4.65. The molecule has 1 aliphatic rings. The van der Waals surface area contributed by atoms with Gasteiger partial charge in [0.15, 0.2) is 0 Å². The Bertz CT molecular complexity index is 812. The number of benzene rings is 2. The van der Waals surface area contributed by atoms with E-state index in [1.165, 1.54) is 16.3 Å². The number of ketones is 1. The van der Waals surface area contributed by atoms with Gasteiger partial charge in [-0.1, -0.05) is 42.5 Å². The third-order valence-electron chi connectivity index (χ3n) is 4.29. The molecule has 3 rings (SSSR count). The highest BCUT2D eigenvalue weighted by Crippen LogP contribution is 2.26. The van der Waals surface area contributed by atoms with Gasteiger partial charge in [-0.05, 0) is 37.1 Å². The highest BCUT2D eigenvalue weighted by atomic mass is 32.2. The molecule has 26 heavy (non-hydrogen) atoms. The van der Waals surface area contributed by atoms with Crippen LogP contribution in [0.15, 0.2) is 42.5 Å². The number of thioether (sulfide) groups is 1. The summed E-state index contributed by atoms with van der Waals surface area (Å²) in [4.78, 5) is 26.2. The zero-order chi connectivity index (χ0) is 18.7. The van der Waals surface area contributed by atoms with Gasteiger partial charge in [0.1, 0.15) is 11.4 Å². The molecule has 5 heteroatoms. The molecule has 0 aromatic heterocycles. The van der Waals surface area contributed by atoms with E-state index in [0.29, 0.717) is 19.5 Å². The summed E-state index contributed by atoms with van der Waals surface area (Å²) in [7, 11) is 0. The van der Waals surface area contributed by atoms with Crippen molar-refractivity contribution in [2.24, 2.45) is 0 Å². The average Bonchev–Trinajstić information content (AvgIpc) is 2.59. The summed E-state index contributed by atoms with van der Waals surface area (Å²) in [5.74, 6) is 0.972. The monoisotopic (exact) mass is 371 g/mol. The fraction of sp³-hybridized carbons (Fsp3) is 0.429. The van der Waals surface area contributed by atoms with Crippen LogP contribution in [0.3, 0.4) is 0 Å². The summed E-state index contributed by atoms with van der Waals surface area (Å²) >= 11 is 1.61. The van der Waals surface area contributed by atoms with Gasteiger partial charge in [0.05, 0.1) is 5.25 Å². The highest BCUT2D eigenvalue weighted by Gasteiger charge is 2.32.